The van der Waals surface area contributed by atoms with E-state index in [0.717, 1.165) is 19.3 Å². The summed E-state index contributed by atoms with van der Waals surface area (Å²) in [5.74, 6) is -1.36. The predicted molar refractivity (Wildman–Crippen MR) is 116 cm³/mol. The molecule has 1 aliphatic rings. The van der Waals surface area contributed by atoms with Gasteiger partial charge in [0.1, 0.15) is 0 Å². The summed E-state index contributed by atoms with van der Waals surface area (Å²) in [5.41, 5.74) is 3.67. The molecule has 30 heavy (non-hydrogen) atoms. The van der Waals surface area contributed by atoms with Gasteiger partial charge in [0.25, 0.3) is 5.91 Å². The fourth-order valence-electron chi connectivity index (χ4n) is 3.57. The van der Waals surface area contributed by atoms with Crippen molar-refractivity contribution in [3.8, 4) is 0 Å². The van der Waals surface area contributed by atoms with Crippen molar-refractivity contribution in [2.75, 3.05) is 5.32 Å². The fourth-order valence-corrected chi connectivity index (χ4v) is 4.25. The maximum Gasteiger partial charge on any atom is 0.339 e. The first kappa shape index (κ1) is 20.0. The summed E-state index contributed by atoms with van der Waals surface area (Å²) in [4.78, 5) is 38.5. The topological polar surface area (TPSA) is 72.5 Å². The number of carbonyl (C=O) groups excluding carboxylic acids is 3. The Hall–Kier alpha value is -3.25. The van der Waals surface area contributed by atoms with E-state index in [1.54, 1.807) is 35.7 Å². The van der Waals surface area contributed by atoms with E-state index in [1.165, 1.54) is 35.5 Å². The number of anilines is 1. The smallest absolute Gasteiger partial charge is 0.339 e. The quantitative estimate of drug-likeness (QED) is 0.466. The van der Waals surface area contributed by atoms with Gasteiger partial charge in [-0.15, -0.1) is 11.3 Å². The van der Waals surface area contributed by atoms with Gasteiger partial charge in [0.2, 0.25) is 5.78 Å². The molecule has 1 atom stereocenters. The van der Waals surface area contributed by atoms with E-state index in [1.807, 2.05) is 18.2 Å². The van der Waals surface area contributed by atoms with Crippen LogP contribution in [-0.4, -0.2) is 23.8 Å². The van der Waals surface area contributed by atoms with Crippen LogP contribution in [0.3, 0.4) is 0 Å². The van der Waals surface area contributed by atoms with Gasteiger partial charge in [-0.25, -0.2) is 4.79 Å². The van der Waals surface area contributed by atoms with Crippen molar-refractivity contribution in [1.82, 2.24) is 0 Å². The molecule has 1 heterocycles. The van der Waals surface area contributed by atoms with E-state index < -0.39 is 18.0 Å². The molecule has 0 saturated carbocycles. The number of ketones is 1. The minimum absolute atomic E-state index is 0.146. The number of esters is 1. The molecule has 0 saturated heterocycles. The van der Waals surface area contributed by atoms with Crippen LogP contribution >= 0.6 is 11.3 Å². The first-order chi connectivity index (χ1) is 14.5. The van der Waals surface area contributed by atoms with Crippen LogP contribution in [0.5, 0.6) is 0 Å². The van der Waals surface area contributed by atoms with Crippen molar-refractivity contribution in [2.24, 2.45) is 0 Å². The van der Waals surface area contributed by atoms with Crippen molar-refractivity contribution in [3.05, 3.63) is 87.1 Å². The van der Waals surface area contributed by atoms with Gasteiger partial charge in [-0.1, -0.05) is 30.3 Å². The highest BCUT2D eigenvalue weighted by molar-refractivity contribution is 7.12. The van der Waals surface area contributed by atoms with Crippen molar-refractivity contribution in [3.63, 3.8) is 0 Å². The first-order valence-electron chi connectivity index (χ1n) is 9.84. The Morgan fingerprint density at radius 2 is 1.73 bits per heavy atom. The fraction of sp³-hybridized carbons (Fsp3) is 0.208. The minimum Gasteiger partial charge on any atom is -0.449 e. The normalized spacial score (nSPS) is 13.4. The zero-order valence-corrected chi connectivity index (χ0v) is 17.3. The number of carbonyl (C=O) groups is 3. The van der Waals surface area contributed by atoms with Crippen LogP contribution < -0.4 is 5.32 Å². The lowest BCUT2D eigenvalue weighted by Gasteiger charge is -2.15. The zero-order chi connectivity index (χ0) is 21.1. The van der Waals surface area contributed by atoms with E-state index >= 15 is 0 Å². The van der Waals surface area contributed by atoms with Gasteiger partial charge < -0.3 is 10.1 Å². The number of rotatable bonds is 6. The number of aryl methyl sites for hydroxylation is 2. The molecule has 0 aliphatic heterocycles. The van der Waals surface area contributed by atoms with Gasteiger partial charge in [-0.2, -0.15) is 0 Å². The summed E-state index contributed by atoms with van der Waals surface area (Å²) in [5, 5.41) is 4.61. The maximum absolute atomic E-state index is 12.7. The van der Waals surface area contributed by atoms with Crippen molar-refractivity contribution >= 4 is 34.7 Å². The van der Waals surface area contributed by atoms with Gasteiger partial charge in [0.15, 0.2) is 6.10 Å². The Bertz CT molecular complexity index is 1100. The molecule has 5 nitrogen and oxygen atoms in total. The lowest BCUT2D eigenvalue weighted by atomic mass is 10.0. The SMILES string of the molecule is C[C@H](OC(=O)c1ccccc1C(=O)c1cccs1)C(=O)Nc1ccc2c(c1)CCC2. The molecule has 1 amide bonds. The summed E-state index contributed by atoms with van der Waals surface area (Å²) >= 11 is 1.31. The summed E-state index contributed by atoms with van der Waals surface area (Å²) in [6.07, 6.45) is 2.21. The van der Waals surface area contributed by atoms with E-state index in [0.29, 0.717) is 10.6 Å². The van der Waals surface area contributed by atoms with Crippen LogP contribution in [0.2, 0.25) is 0 Å². The molecule has 0 bridgehead atoms. The third kappa shape index (κ3) is 4.19. The number of hydrogen-bond acceptors (Lipinski definition) is 5. The molecule has 1 N–H and O–H groups in total. The number of nitrogens with one attached hydrogen (secondary N) is 1. The summed E-state index contributed by atoms with van der Waals surface area (Å²) in [6.45, 7) is 1.52. The number of benzene rings is 2. The van der Waals surface area contributed by atoms with Crippen molar-refractivity contribution in [1.29, 1.82) is 0 Å². The standard InChI is InChI=1S/C24H21NO4S/c1-15(23(27)25-18-12-11-16-6-4-7-17(16)14-18)29-24(28)20-9-3-2-8-19(20)22(26)21-10-5-13-30-21/h2-3,5,8-15H,4,6-7H2,1H3,(H,25,27)/t15-/m0/s1. The van der Waals surface area contributed by atoms with E-state index in [9.17, 15) is 14.4 Å². The number of amides is 1. The van der Waals surface area contributed by atoms with Crippen LogP contribution in [0.4, 0.5) is 5.69 Å². The van der Waals surface area contributed by atoms with Crippen LogP contribution in [-0.2, 0) is 22.4 Å². The molecule has 6 heteroatoms. The summed E-state index contributed by atoms with van der Waals surface area (Å²) in [7, 11) is 0. The second-order valence-corrected chi connectivity index (χ2v) is 8.17. The molecular weight excluding hydrogens is 398 g/mol. The molecular formula is C24H21NO4S. The second-order valence-electron chi connectivity index (χ2n) is 7.23. The Morgan fingerprint density at radius 3 is 2.50 bits per heavy atom. The van der Waals surface area contributed by atoms with E-state index in [4.69, 9.17) is 4.74 Å². The lowest BCUT2D eigenvalue weighted by molar-refractivity contribution is -0.123. The van der Waals surface area contributed by atoms with Gasteiger partial charge in [0.05, 0.1) is 10.4 Å². The van der Waals surface area contributed by atoms with E-state index in [-0.39, 0.29) is 16.9 Å². The average Bonchev–Trinajstić information content (AvgIpc) is 3.44. The number of ether oxygens (including phenoxy) is 1. The molecule has 0 fully saturated rings. The zero-order valence-electron chi connectivity index (χ0n) is 16.5. The number of fused-ring (bicyclic) bond motifs is 1. The van der Waals surface area contributed by atoms with Gasteiger partial charge in [-0.3, -0.25) is 9.59 Å². The molecule has 0 radical (unpaired) electrons. The highest BCUT2D eigenvalue weighted by atomic mass is 32.1. The second kappa shape index (κ2) is 8.63. The minimum atomic E-state index is -1.00. The Morgan fingerprint density at radius 1 is 0.967 bits per heavy atom. The molecule has 1 aliphatic carbocycles. The Labute approximate surface area is 178 Å². The number of thiophene rings is 1. The molecule has 0 spiro atoms. The van der Waals surface area contributed by atoms with Gasteiger partial charge >= 0.3 is 5.97 Å². The Kier molecular flexibility index (Phi) is 5.77. The molecule has 3 aromatic rings. The molecule has 4 rings (SSSR count). The summed E-state index contributed by atoms with van der Waals surface area (Å²) in [6, 6.07) is 15.9. The van der Waals surface area contributed by atoms with Crippen molar-refractivity contribution in [2.45, 2.75) is 32.3 Å². The lowest BCUT2D eigenvalue weighted by Crippen LogP contribution is -2.30. The maximum atomic E-state index is 12.7. The van der Waals surface area contributed by atoms with Crippen LogP contribution in [0.1, 0.15) is 50.1 Å². The average molecular weight is 420 g/mol. The Balaban J connectivity index is 1.45. The third-order valence-corrected chi connectivity index (χ3v) is 6.02. The largest absolute Gasteiger partial charge is 0.449 e. The molecule has 0 unspecified atom stereocenters. The van der Waals surface area contributed by atoms with Crippen LogP contribution in [0, 0.1) is 0 Å². The van der Waals surface area contributed by atoms with Crippen molar-refractivity contribution < 1.29 is 19.1 Å². The monoisotopic (exact) mass is 419 g/mol. The molecule has 1 aromatic heterocycles. The predicted octanol–water partition coefficient (Wildman–Crippen LogP) is 4.65. The molecule has 152 valence electrons. The van der Waals surface area contributed by atoms with Crippen LogP contribution in [0.15, 0.2) is 60.0 Å². The van der Waals surface area contributed by atoms with E-state index in [2.05, 4.69) is 5.32 Å². The third-order valence-electron chi connectivity index (χ3n) is 5.16. The van der Waals surface area contributed by atoms with Gasteiger partial charge in [0, 0.05) is 11.3 Å². The summed E-state index contributed by atoms with van der Waals surface area (Å²) < 4.78 is 5.37. The van der Waals surface area contributed by atoms with Crippen LogP contribution in [0.25, 0.3) is 0 Å². The highest BCUT2D eigenvalue weighted by Crippen LogP contribution is 2.25. The first-order valence-corrected chi connectivity index (χ1v) is 10.7. The number of hydrogen-bond donors (Lipinski definition) is 1. The van der Waals surface area contributed by atoms with Gasteiger partial charge in [-0.05, 0) is 67.0 Å². The highest BCUT2D eigenvalue weighted by Gasteiger charge is 2.24. The molecule has 2 aromatic carbocycles.